The quantitative estimate of drug-likeness (QED) is 0.519. The molecule has 3 aromatic rings. The van der Waals surface area contributed by atoms with Crippen LogP contribution in [0.3, 0.4) is 0 Å². The molecule has 2 amide bonds. The zero-order valence-corrected chi connectivity index (χ0v) is 20.3. The molecule has 186 valence electrons. The van der Waals surface area contributed by atoms with Crippen molar-refractivity contribution in [3.05, 3.63) is 81.0 Å². The van der Waals surface area contributed by atoms with Crippen molar-refractivity contribution in [3.8, 4) is 16.9 Å². The van der Waals surface area contributed by atoms with E-state index in [4.69, 9.17) is 22.1 Å². The van der Waals surface area contributed by atoms with Crippen molar-refractivity contribution in [3.63, 3.8) is 0 Å². The molecule has 3 atom stereocenters. The van der Waals surface area contributed by atoms with E-state index in [-0.39, 0.29) is 22.9 Å². The first-order valence-corrected chi connectivity index (χ1v) is 12.2. The summed E-state index contributed by atoms with van der Waals surface area (Å²) in [5, 5.41) is 3.19. The van der Waals surface area contributed by atoms with Gasteiger partial charge in [-0.05, 0) is 67.1 Å². The van der Waals surface area contributed by atoms with Gasteiger partial charge in [0.2, 0.25) is 5.91 Å². The number of pyridine rings is 1. The molecule has 1 aliphatic carbocycles. The number of fused-ring (bicyclic) bond motifs is 4. The van der Waals surface area contributed by atoms with Gasteiger partial charge in [0.15, 0.2) is 0 Å². The molecule has 0 bridgehead atoms. The van der Waals surface area contributed by atoms with Gasteiger partial charge in [-0.2, -0.15) is 0 Å². The highest BCUT2D eigenvalue weighted by atomic mass is 35.5. The molecule has 0 radical (unpaired) electrons. The number of carbonyl (C=O) groups excluding carboxylic acids is 2. The number of carbonyl (C=O) groups is 2. The number of benzene rings is 2. The smallest absolute Gasteiger partial charge is 0.252 e. The summed E-state index contributed by atoms with van der Waals surface area (Å²) in [5.41, 5.74) is 7.27. The molecule has 5 rings (SSSR count). The number of anilines is 1. The maximum atomic E-state index is 14.2. The molecule has 7 nitrogen and oxygen atoms in total. The SMILES string of the molecule is CCC(C(=O)Nc1ccc(C(N)=O)c(F)c1)n1cc2c(cc1=O)-c1cc(Cl)ccc1CC1CCC1O2. The molecule has 1 aliphatic heterocycles. The lowest BCUT2D eigenvalue weighted by molar-refractivity contribution is -0.119. The number of hydrogen-bond acceptors (Lipinski definition) is 4. The summed E-state index contributed by atoms with van der Waals surface area (Å²) in [5.74, 6) is -1.34. The van der Waals surface area contributed by atoms with Crippen molar-refractivity contribution < 1.29 is 18.7 Å². The fraction of sp³-hybridized carbons (Fsp3) is 0.296. The highest BCUT2D eigenvalue weighted by molar-refractivity contribution is 6.30. The average Bonchev–Trinajstić information content (AvgIpc) is 2.82. The molecule has 2 aliphatic rings. The van der Waals surface area contributed by atoms with Crippen LogP contribution < -0.4 is 21.3 Å². The second-order valence-electron chi connectivity index (χ2n) is 9.27. The Kier molecular flexibility index (Phi) is 6.30. The molecule has 1 aromatic heterocycles. The summed E-state index contributed by atoms with van der Waals surface area (Å²) in [6, 6.07) is 9.93. The molecule has 1 fully saturated rings. The van der Waals surface area contributed by atoms with Gasteiger partial charge in [0, 0.05) is 28.3 Å². The van der Waals surface area contributed by atoms with E-state index < -0.39 is 23.7 Å². The number of amides is 2. The van der Waals surface area contributed by atoms with E-state index in [0.29, 0.717) is 28.7 Å². The summed E-state index contributed by atoms with van der Waals surface area (Å²) < 4.78 is 21.9. The molecule has 0 saturated heterocycles. The van der Waals surface area contributed by atoms with Crippen molar-refractivity contribution in [1.82, 2.24) is 4.57 Å². The molecule has 0 spiro atoms. The number of aromatic nitrogens is 1. The Morgan fingerprint density at radius 2 is 2.00 bits per heavy atom. The molecular weight excluding hydrogens is 485 g/mol. The van der Waals surface area contributed by atoms with Gasteiger partial charge >= 0.3 is 0 Å². The Bertz CT molecular complexity index is 1440. The zero-order chi connectivity index (χ0) is 25.6. The fourth-order valence-electron chi connectivity index (χ4n) is 4.95. The number of nitrogens with zero attached hydrogens (tertiary/aromatic N) is 1. The van der Waals surface area contributed by atoms with Gasteiger partial charge in [0.25, 0.3) is 11.5 Å². The Hall–Kier alpha value is -3.65. The van der Waals surface area contributed by atoms with Gasteiger partial charge in [-0.25, -0.2) is 4.39 Å². The third kappa shape index (κ3) is 4.37. The molecule has 3 unspecified atom stereocenters. The highest BCUT2D eigenvalue weighted by Gasteiger charge is 2.36. The topological polar surface area (TPSA) is 103 Å². The lowest BCUT2D eigenvalue weighted by Gasteiger charge is -2.39. The maximum Gasteiger partial charge on any atom is 0.252 e. The highest BCUT2D eigenvalue weighted by Crippen LogP contribution is 2.43. The Labute approximate surface area is 212 Å². The van der Waals surface area contributed by atoms with Crippen LogP contribution in [0.15, 0.2) is 53.5 Å². The number of ether oxygens (including phenoxy) is 1. The third-order valence-corrected chi connectivity index (χ3v) is 7.28. The van der Waals surface area contributed by atoms with E-state index in [9.17, 15) is 18.8 Å². The minimum atomic E-state index is -0.902. The van der Waals surface area contributed by atoms with Gasteiger partial charge in [0.05, 0.1) is 11.8 Å². The maximum absolute atomic E-state index is 14.2. The molecule has 3 N–H and O–H groups in total. The van der Waals surface area contributed by atoms with E-state index in [0.717, 1.165) is 36.5 Å². The van der Waals surface area contributed by atoms with Gasteiger partial charge in [-0.3, -0.25) is 19.0 Å². The number of rotatable bonds is 5. The van der Waals surface area contributed by atoms with Gasteiger partial charge < -0.3 is 15.8 Å². The van der Waals surface area contributed by atoms with Gasteiger partial charge in [0.1, 0.15) is 23.7 Å². The molecule has 1 saturated carbocycles. The van der Waals surface area contributed by atoms with Crippen LogP contribution in [-0.2, 0) is 11.2 Å². The van der Waals surface area contributed by atoms with E-state index in [1.54, 1.807) is 13.1 Å². The van der Waals surface area contributed by atoms with Crippen LogP contribution in [0.1, 0.15) is 48.1 Å². The van der Waals surface area contributed by atoms with Crippen LogP contribution in [0.4, 0.5) is 10.1 Å². The van der Waals surface area contributed by atoms with Crippen LogP contribution in [0.5, 0.6) is 5.75 Å². The standard InChI is InChI=1S/C27H25ClFN3O4/c1-2-22(27(35)31-17-6-7-18(26(30)34)21(29)11-17)32-13-24-20(12-25(32)33)19-10-16(28)5-3-14(19)9-15-4-8-23(15)36-24/h3,5-7,10-13,15,22-23H,2,4,8-9H2,1H3,(H2,30,34)(H,31,35). The average molecular weight is 510 g/mol. The monoisotopic (exact) mass is 509 g/mol. The Morgan fingerprint density at radius 3 is 2.67 bits per heavy atom. The van der Waals surface area contributed by atoms with Gasteiger partial charge in [-0.15, -0.1) is 0 Å². The summed E-state index contributed by atoms with van der Waals surface area (Å²) in [4.78, 5) is 37.7. The zero-order valence-electron chi connectivity index (χ0n) is 19.6. The second kappa shape index (κ2) is 9.43. The van der Waals surface area contributed by atoms with Crippen LogP contribution in [0.25, 0.3) is 11.1 Å². The van der Waals surface area contributed by atoms with E-state index in [1.165, 1.54) is 22.8 Å². The number of nitrogens with two attached hydrogens (primary N) is 1. The first-order valence-electron chi connectivity index (χ1n) is 11.9. The predicted octanol–water partition coefficient (Wildman–Crippen LogP) is 4.71. The number of nitrogens with one attached hydrogen (secondary N) is 1. The van der Waals surface area contributed by atoms with Crippen LogP contribution >= 0.6 is 11.6 Å². The fourth-order valence-corrected chi connectivity index (χ4v) is 5.13. The van der Waals surface area contributed by atoms with Crippen molar-refractivity contribution in [2.75, 3.05) is 5.32 Å². The van der Waals surface area contributed by atoms with Crippen molar-refractivity contribution in [1.29, 1.82) is 0 Å². The minimum absolute atomic E-state index is 0.0409. The first-order chi connectivity index (χ1) is 17.2. The van der Waals surface area contributed by atoms with E-state index >= 15 is 0 Å². The van der Waals surface area contributed by atoms with E-state index in [2.05, 4.69) is 5.32 Å². The Balaban J connectivity index is 1.51. The normalized spacial score (nSPS) is 18.8. The van der Waals surface area contributed by atoms with Crippen molar-refractivity contribution >= 4 is 29.1 Å². The summed E-state index contributed by atoms with van der Waals surface area (Å²) in [6.07, 6.45) is 4.78. The molecule has 2 heterocycles. The third-order valence-electron chi connectivity index (χ3n) is 7.04. The second-order valence-corrected chi connectivity index (χ2v) is 9.70. The lowest BCUT2D eigenvalue weighted by Crippen LogP contribution is -2.39. The van der Waals surface area contributed by atoms with Crippen LogP contribution in [0, 0.1) is 11.7 Å². The van der Waals surface area contributed by atoms with Crippen molar-refractivity contribution in [2.24, 2.45) is 11.7 Å². The predicted molar refractivity (Wildman–Crippen MR) is 135 cm³/mol. The largest absolute Gasteiger partial charge is 0.488 e. The Morgan fingerprint density at radius 1 is 1.19 bits per heavy atom. The number of primary amides is 1. The lowest BCUT2D eigenvalue weighted by atomic mass is 9.76. The molecule has 36 heavy (non-hydrogen) atoms. The van der Waals surface area contributed by atoms with Gasteiger partial charge in [-0.1, -0.05) is 24.6 Å². The van der Waals surface area contributed by atoms with Crippen LogP contribution in [0.2, 0.25) is 5.02 Å². The number of hydrogen-bond donors (Lipinski definition) is 2. The van der Waals surface area contributed by atoms with Crippen molar-refractivity contribution in [2.45, 2.75) is 44.8 Å². The molecule has 2 aromatic carbocycles. The molecular formula is C27H25ClFN3O4. The molecule has 9 heteroatoms. The summed E-state index contributed by atoms with van der Waals surface area (Å²) in [6.45, 7) is 1.78. The van der Waals surface area contributed by atoms with E-state index in [1.807, 2.05) is 18.2 Å². The summed E-state index contributed by atoms with van der Waals surface area (Å²) >= 11 is 6.29. The summed E-state index contributed by atoms with van der Waals surface area (Å²) in [7, 11) is 0. The number of halogens is 2. The first kappa shape index (κ1) is 24.1. The van der Waals surface area contributed by atoms with Crippen LogP contribution in [-0.4, -0.2) is 22.5 Å². The minimum Gasteiger partial charge on any atom is -0.488 e.